The fourth-order valence-corrected chi connectivity index (χ4v) is 5.21. The quantitative estimate of drug-likeness (QED) is 0.643. The number of nitrogens with one attached hydrogen (secondary N) is 1. The van der Waals surface area contributed by atoms with Gasteiger partial charge in [-0.25, -0.2) is 0 Å². The first-order valence-electron chi connectivity index (χ1n) is 12.1. The van der Waals surface area contributed by atoms with Crippen molar-refractivity contribution in [3.8, 4) is 0 Å². The van der Waals surface area contributed by atoms with E-state index in [2.05, 4.69) is 41.4 Å². The minimum absolute atomic E-state index is 0.0101. The van der Waals surface area contributed by atoms with Crippen molar-refractivity contribution < 1.29 is 14.3 Å². The molecule has 1 aromatic carbocycles. The molecule has 3 aliphatic rings. The summed E-state index contributed by atoms with van der Waals surface area (Å²) in [6, 6.07) is 9.36. The van der Waals surface area contributed by atoms with Crippen LogP contribution in [-0.2, 0) is 20.9 Å². The molecule has 2 aliphatic carbocycles. The van der Waals surface area contributed by atoms with E-state index in [-0.39, 0.29) is 36.5 Å². The largest absolute Gasteiger partial charge is 0.375 e. The number of hydrogen-bond acceptors (Lipinski definition) is 5. The zero-order valence-corrected chi connectivity index (χ0v) is 19.5. The van der Waals surface area contributed by atoms with Crippen molar-refractivity contribution in [2.75, 3.05) is 20.3 Å². The molecule has 0 radical (unpaired) electrons. The molecular weight excluding hydrogens is 404 g/mol. The molecule has 176 valence electrons. The first kappa shape index (κ1) is 23.2. The molecule has 3 N–H and O–H groups in total. The maximum Gasteiger partial charge on any atom is 0.249 e. The Labute approximate surface area is 191 Å². The van der Waals surface area contributed by atoms with Crippen molar-refractivity contribution in [1.29, 1.82) is 0 Å². The highest BCUT2D eigenvalue weighted by Gasteiger charge is 2.45. The lowest BCUT2D eigenvalue weighted by atomic mass is 9.91. The number of amides is 2. The molecule has 7 heteroatoms. The molecule has 1 saturated heterocycles. The molecule has 1 aromatic rings. The Balaban J connectivity index is 1.46. The van der Waals surface area contributed by atoms with Crippen LogP contribution in [0.25, 0.3) is 0 Å². The van der Waals surface area contributed by atoms with Gasteiger partial charge in [-0.1, -0.05) is 29.8 Å². The van der Waals surface area contributed by atoms with E-state index in [1.54, 1.807) is 4.90 Å². The molecule has 1 heterocycles. The van der Waals surface area contributed by atoms with Crippen molar-refractivity contribution in [2.24, 2.45) is 5.73 Å². The lowest BCUT2D eigenvalue weighted by Crippen LogP contribution is -2.50. The van der Waals surface area contributed by atoms with Gasteiger partial charge in [-0.15, -0.1) is 0 Å². The van der Waals surface area contributed by atoms with Gasteiger partial charge in [0.15, 0.2) is 0 Å². The minimum atomic E-state index is -0.433. The van der Waals surface area contributed by atoms with Crippen LogP contribution in [0, 0.1) is 6.92 Å². The van der Waals surface area contributed by atoms with Crippen LogP contribution in [0.3, 0.4) is 0 Å². The van der Waals surface area contributed by atoms with E-state index in [0.29, 0.717) is 19.0 Å². The third kappa shape index (κ3) is 5.69. The van der Waals surface area contributed by atoms with E-state index in [0.717, 1.165) is 32.2 Å². The highest BCUT2D eigenvalue weighted by molar-refractivity contribution is 5.89. The number of nitrogens with zero attached hydrogens (tertiary/aromatic N) is 2. The van der Waals surface area contributed by atoms with Crippen LogP contribution in [-0.4, -0.2) is 72.1 Å². The van der Waals surface area contributed by atoms with Crippen LogP contribution < -0.4 is 11.1 Å². The minimum Gasteiger partial charge on any atom is -0.375 e. The topological polar surface area (TPSA) is 87.9 Å². The van der Waals surface area contributed by atoms with Gasteiger partial charge < -0.3 is 20.7 Å². The summed E-state index contributed by atoms with van der Waals surface area (Å²) in [4.78, 5) is 30.4. The number of aryl methyl sites for hydroxylation is 1. The van der Waals surface area contributed by atoms with Crippen LogP contribution in [0.4, 0.5) is 0 Å². The van der Waals surface area contributed by atoms with E-state index < -0.39 is 6.04 Å². The average molecular weight is 443 g/mol. The van der Waals surface area contributed by atoms with Crippen molar-refractivity contribution in [3.05, 3.63) is 35.4 Å². The molecule has 2 unspecified atom stereocenters. The number of nitrogens with two attached hydrogens (primary N) is 1. The van der Waals surface area contributed by atoms with E-state index in [1.807, 2.05) is 0 Å². The molecule has 2 saturated carbocycles. The summed E-state index contributed by atoms with van der Waals surface area (Å²) < 4.78 is 5.12. The van der Waals surface area contributed by atoms with E-state index in [4.69, 9.17) is 10.5 Å². The van der Waals surface area contributed by atoms with Gasteiger partial charge in [-0.2, -0.15) is 0 Å². The summed E-state index contributed by atoms with van der Waals surface area (Å²) in [5, 5.41) is 3.22. The third-order valence-corrected chi connectivity index (χ3v) is 7.26. The van der Waals surface area contributed by atoms with Gasteiger partial charge in [-0.05, 0) is 57.4 Å². The van der Waals surface area contributed by atoms with Crippen molar-refractivity contribution in [2.45, 2.75) is 88.6 Å². The van der Waals surface area contributed by atoms with Crippen molar-refractivity contribution in [1.82, 2.24) is 15.1 Å². The predicted octanol–water partition coefficient (Wildman–Crippen LogP) is 1.96. The fourth-order valence-electron chi connectivity index (χ4n) is 5.21. The molecule has 0 spiro atoms. The number of carbonyl (C=O) groups is 2. The number of ether oxygens (including phenoxy) is 1. The Morgan fingerprint density at radius 1 is 1.09 bits per heavy atom. The maximum atomic E-state index is 13.3. The summed E-state index contributed by atoms with van der Waals surface area (Å²) in [5.74, 6) is -0.129. The van der Waals surface area contributed by atoms with Gasteiger partial charge in [0.2, 0.25) is 11.8 Å². The van der Waals surface area contributed by atoms with Gasteiger partial charge in [0.25, 0.3) is 0 Å². The van der Waals surface area contributed by atoms with Crippen LogP contribution in [0.2, 0.25) is 0 Å². The van der Waals surface area contributed by atoms with Gasteiger partial charge in [0.05, 0.1) is 0 Å². The number of carbonyl (C=O) groups excluding carboxylic acids is 2. The van der Waals surface area contributed by atoms with Crippen molar-refractivity contribution >= 4 is 11.8 Å². The molecule has 1 aliphatic heterocycles. The zero-order valence-electron chi connectivity index (χ0n) is 19.5. The smallest absolute Gasteiger partial charge is 0.249 e. The molecule has 32 heavy (non-hydrogen) atoms. The zero-order chi connectivity index (χ0) is 22.7. The Kier molecular flexibility index (Phi) is 7.48. The van der Waals surface area contributed by atoms with Gasteiger partial charge >= 0.3 is 0 Å². The molecule has 3 fully saturated rings. The first-order valence-corrected chi connectivity index (χ1v) is 12.1. The van der Waals surface area contributed by atoms with Gasteiger partial charge in [-0.3, -0.25) is 14.5 Å². The monoisotopic (exact) mass is 442 g/mol. The molecule has 0 aromatic heterocycles. The number of likely N-dealkylation sites (tertiary alicyclic amines) is 1. The van der Waals surface area contributed by atoms with Crippen LogP contribution in [0.5, 0.6) is 0 Å². The normalized spacial score (nSPS) is 28.2. The summed E-state index contributed by atoms with van der Waals surface area (Å²) in [6.07, 6.45) is 6.76. The van der Waals surface area contributed by atoms with Crippen molar-refractivity contribution in [3.63, 3.8) is 0 Å². The lowest BCUT2D eigenvalue weighted by molar-refractivity contribution is -0.141. The number of methoxy groups -OCH3 is 1. The molecule has 2 atom stereocenters. The molecule has 4 rings (SSSR count). The highest BCUT2D eigenvalue weighted by atomic mass is 16.5. The Hall–Kier alpha value is -1.96. The second-order valence-electron chi connectivity index (χ2n) is 9.89. The number of rotatable bonds is 8. The standard InChI is InChI=1S/C25H38N4O3/c1-17-3-5-18(6-4-17)14-28(21-11-12-21)22-13-23(29(15-22)24(30)16-32-2)25(31)27-20-9-7-19(26)8-10-20/h3-6,19-23H,7-16,26H2,1-2H3,(H,27,31). The first-order chi connectivity index (χ1) is 15.4. The molecule has 7 nitrogen and oxygen atoms in total. The van der Waals surface area contributed by atoms with Gasteiger partial charge in [0.1, 0.15) is 12.6 Å². The summed E-state index contributed by atoms with van der Waals surface area (Å²) in [6.45, 7) is 3.55. The van der Waals surface area contributed by atoms with Crippen LogP contribution in [0.1, 0.15) is 56.1 Å². The number of benzene rings is 1. The van der Waals surface area contributed by atoms with E-state index in [9.17, 15) is 9.59 Å². The van der Waals surface area contributed by atoms with E-state index >= 15 is 0 Å². The SMILES string of the molecule is COCC(=O)N1CC(N(Cc2ccc(C)cc2)C2CC2)CC1C(=O)NC1CCC(N)CC1. The fraction of sp³-hybridized carbons (Fsp3) is 0.680. The second-order valence-corrected chi connectivity index (χ2v) is 9.89. The van der Waals surface area contributed by atoms with Gasteiger partial charge in [0, 0.05) is 44.4 Å². The predicted molar refractivity (Wildman–Crippen MR) is 124 cm³/mol. The van der Waals surface area contributed by atoms with Crippen LogP contribution >= 0.6 is 0 Å². The second kappa shape index (κ2) is 10.3. The van der Waals surface area contributed by atoms with E-state index in [1.165, 1.54) is 31.1 Å². The molecule has 2 amide bonds. The number of hydrogen-bond donors (Lipinski definition) is 2. The summed E-state index contributed by atoms with van der Waals surface area (Å²) >= 11 is 0. The average Bonchev–Trinajstić information content (AvgIpc) is 3.52. The maximum absolute atomic E-state index is 13.3. The molecule has 0 bridgehead atoms. The highest BCUT2D eigenvalue weighted by Crippen LogP contribution is 2.35. The summed E-state index contributed by atoms with van der Waals surface area (Å²) in [7, 11) is 1.53. The third-order valence-electron chi connectivity index (χ3n) is 7.26. The molecular formula is C25H38N4O3. The summed E-state index contributed by atoms with van der Waals surface area (Å²) in [5.41, 5.74) is 8.55. The Bertz CT molecular complexity index is 787. The lowest BCUT2D eigenvalue weighted by Gasteiger charge is -2.30. The Morgan fingerprint density at radius 2 is 1.78 bits per heavy atom. The van der Waals surface area contributed by atoms with Crippen LogP contribution in [0.15, 0.2) is 24.3 Å². The Morgan fingerprint density at radius 3 is 2.41 bits per heavy atom.